The molecule has 0 aliphatic heterocycles. The van der Waals surface area contributed by atoms with E-state index in [2.05, 4.69) is 69.4 Å². The highest BCUT2D eigenvalue weighted by molar-refractivity contribution is 5.71. The van der Waals surface area contributed by atoms with Gasteiger partial charge in [-0.1, -0.05) is 339 Å². The summed E-state index contributed by atoms with van der Waals surface area (Å²) in [6, 6.07) is 0. The van der Waals surface area contributed by atoms with Gasteiger partial charge in [-0.15, -0.1) is 0 Å². The standard InChI is InChI=1S/C71H130O6/c1-4-7-10-13-16-18-20-22-24-26-28-30-31-32-33-34-35-36-37-38-39-41-42-44-46-48-50-52-55-58-61-64-70(73)76-67-68(66-75-69(72)63-60-57-54-15-12-9-6-3)77-71(74)65-62-59-56-53-51-49-47-45-43-40-29-27-25-23-21-19-17-14-11-8-5-2/h8,11,17,19,23,25,29,40,68H,4-7,9-10,12-16,18,20-22,24,26-28,30-39,41-67H2,1-3H3/b11-8-,19-17-,25-23-,40-29-. The van der Waals surface area contributed by atoms with Crippen molar-refractivity contribution in [3.8, 4) is 0 Å². The van der Waals surface area contributed by atoms with Gasteiger partial charge in [-0.25, -0.2) is 0 Å². The molecule has 450 valence electrons. The van der Waals surface area contributed by atoms with Crippen molar-refractivity contribution in [2.24, 2.45) is 0 Å². The van der Waals surface area contributed by atoms with Crippen molar-refractivity contribution >= 4 is 17.9 Å². The van der Waals surface area contributed by atoms with E-state index in [4.69, 9.17) is 14.2 Å². The van der Waals surface area contributed by atoms with Crippen molar-refractivity contribution < 1.29 is 28.6 Å². The zero-order chi connectivity index (χ0) is 55.7. The summed E-state index contributed by atoms with van der Waals surface area (Å²) in [5.41, 5.74) is 0. The highest BCUT2D eigenvalue weighted by Crippen LogP contribution is 2.18. The summed E-state index contributed by atoms with van der Waals surface area (Å²) in [7, 11) is 0. The van der Waals surface area contributed by atoms with Crippen LogP contribution in [0.2, 0.25) is 0 Å². The Hall–Kier alpha value is -2.63. The van der Waals surface area contributed by atoms with Crippen LogP contribution in [0.25, 0.3) is 0 Å². The van der Waals surface area contributed by atoms with Crippen LogP contribution in [0.15, 0.2) is 48.6 Å². The third-order valence-electron chi connectivity index (χ3n) is 15.3. The Morgan fingerprint density at radius 1 is 0.273 bits per heavy atom. The maximum Gasteiger partial charge on any atom is 0.306 e. The van der Waals surface area contributed by atoms with Gasteiger partial charge in [0.2, 0.25) is 0 Å². The van der Waals surface area contributed by atoms with Gasteiger partial charge < -0.3 is 14.2 Å². The molecule has 6 heteroatoms. The third-order valence-corrected chi connectivity index (χ3v) is 15.3. The molecule has 0 amide bonds. The Morgan fingerprint density at radius 2 is 0.506 bits per heavy atom. The van der Waals surface area contributed by atoms with E-state index in [0.717, 1.165) is 89.9 Å². The molecule has 0 spiro atoms. The number of allylic oxidation sites excluding steroid dienone is 8. The van der Waals surface area contributed by atoms with Gasteiger partial charge in [0.05, 0.1) is 0 Å². The highest BCUT2D eigenvalue weighted by atomic mass is 16.6. The van der Waals surface area contributed by atoms with Gasteiger partial charge in [-0.05, 0) is 57.8 Å². The molecule has 1 atom stereocenters. The second-order valence-corrected chi connectivity index (χ2v) is 23.1. The number of hydrogen-bond donors (Lipinski definition) is 0. The average Bonchev–Trinajstić information content (AvgIpc) is 3.43. The van der Waals surface area contributed by atoms with Gasteiger partial charge in [-0.3, -0.25) is 14.4 Å². The van der Waals surface area contributed by atoms with Crippen molar-refractivity contribution in [2.75, 3.05) is 13.2 Å². The van der Waals surface area contributed by atoms with Crippen LogP contribution in [-0.2, 0) is 28.6 Å². The quantitative estimate of drug-likeness (QED) is 0.0261. The van der Waals surface area contributed by atoms with Crippen LogP contribution in [0.4, 0.5) is 0 Å². The molecule has 77 heavy (non-hydrogen) atoms. The molecule has 0 aromatic rings. The second kappa shape index (κ2) is 65.9. The molecule has 0 aromatic carbocycles. The Kier molecular flexibility index (Phi) is 63.6. The topological polar surface area (TPSA) is 78.9 Å². The summed E-state index contributed by atoms with van der Waals surface area (Å²) < 4.78 is 16.9. The molecule has 0 N–H and O–H groups in total. The fourth-order valence-corrected chi connectivity index (χ4v) is 10.3. The molecule has 0 aliphatic rings. The number of hydrogen-bond acceptors (Lipinski definition) is 6. The van der Waals surface area contributed by atoms with E-state index in [0.29, 0.717) is 19.3 Å². The summed E-state index contributed by atoms with van der Waals surface area (Å²) in [5, 5.41) is 0. The smallest absolute Gasteiger partial charge is 0.306 e. The number of unbranched alkanes of at least 4 members (excludes halogenated alkanes) is 44. The van der Waals surface area contributed by atoms with Crippen LogP contribution in [0.5, 0.6) is 0 Å². The highest BCUT2D eigenvalue weighted by Gasteiger charge is 2.19. The molecule has 0 aliphatic carbocycles. The van der Waals surface area contributed by atoms with Crippen molar-refractivity contribution in [3.63, 3.8) is 0 Å². The predicted molar refractivity (Wildman–Crippen MR) is 335 cm³/mol. The number of carbonyl (C=O) groups is 3. The lowest BCUT2D eigenvalue weighted by Gasteiger charge is -2.18. The van der Waals surface area contributed by atoms with Gasteiger partial charge in [0.15, 0.2) is 6.10 Å². The van der Waals surface area contributed by atoms with E-state index in [9.17, 15) is 14.4 Å². The van der Waals surface area contributed by atoms with Crippen LogP contribution in [0.3, 0.4) is 0 Å². The maximum atomic E-state index is 12.9. The van der Waals surface area contributed by atoms with Crippen LogP contribution in [-0.4, -0.2) is 37.2 Å². The minimum absolute atomic E-state index is 0.0722. The first-order valence-electron chi connectivity index (χ1n) is 34.1. The SMILES string of the molecule is CC/C=C\C/C=C\C/C=C\C/C=C\CCCCCCCCCCC(=O)OC(COC(=O)CCCCCCCCC)COC(=O)CCCCCCCCCCCCCCCCCCCCCCCCCCCCCCCCC. The lowest BCUT2D eigenvalue weighted by atomic mass is 10.0. The van der Waals surface area contributed by atoms with Gasteiger partial charge in [-0.2, -0.15) is 0 Å². The number of rotatable bonds is 63. The fourth-order valence-electron chi connectivity index (χ4n) is 10.3. The van der Waals surface area contributed by atoms with E-state index in [1.807, 2.05) is 0 Å². The van der Waals surface area contributed by atoms with E-state index in [1.165, 1.54) is 238 Å². The molecular weight excluding hydrogens is 949 g/mol. The zero-order valence-electron chi connectivity index (χ0n) is 51.7. The van der Waals surface area contributed by atoms with Crippen LogP contribution in [0.1, 0.15) is 367 Å². The minimum Gasteiger partial charge on any atom is -0.462 e. The van der Waals surface area contributed by atoms with Crippen molar-refractivity contribution in [1.82, 2.24) is 0 Å². The lowest BCUT2D eigenvalue weighted by Crippen LogP contribution is -2.30. The summed E-state index contributed by atoms with van der Waals surface area (Å²) in [6.45, 7) is 6.54. The Bertz CT molecular complexity index is 1330. The number of esters is 3. The maximum absolute atomic E-state index is 12.9. The molecular formula is C71H130O6. The van der Waals surface area contributed by atoms with Crippen LogP contribution < -0.4 is 0 Å². The Morgan fingerprint density at radius 3 is 0.792 bits per heavy atom. The first-order chi connectivity index (χ1) is 38.0. The van der Waals surface area contributed by atoms with Crippen LogP contribution in [0, 0.1) is 0 Å². The third kappa shape index (κ3) is 64.1. The van der Waals surface area contributed by atoms with E-state index < -0.39 is 6.10 Å². The van der Waals surface area contributed by atoms with Gasteiger partial charge in [0, 0.05) is 19.3 Å². The monoisotopic (exact) mass is 1080 g/mol. The van der Waals surface area contributed by atoms with Crippen molar-refractivity contribution in [2.45, 2.75) is 374 Å². The normalized spacial score (nSPS) is 12.3. The van der Waals surface area contributed by atoms with Gasteiger partial charge in [0.1, 0.15) is 13.2 Å². The Balaban J connectivity index is 4.01. The van der Waals surface area contributed by atoms with E-state index >= 15 is 0 Å². The average molecular weight is 1080 g/mol. The molecule has 0 saturated heterocycles. The summed E-state index contributed by atoms with van der Waals surface area (Å²) >= 11 is 0. The van der Waals surface area contributed by atoms with Crippen molar-refractivity contribution in [3.05, 3.63) is 48.6 Å². The van der Waals surface area contributed by atoms with E-state index in [-0.39, 0.29) is 31.1 Å². The molecule has 0 rings (SSSR count). The molecule has 0 radical (unpaired) electrons. The van der Waals surface area contributed by atoms with E-state index in [1.54, 1.807) is 0 Å². The van der Waals surface area contributed by atoms with Crippen LogP contribution >= 0.6 is 0 Å². The molecule has 6 nitrogen and oxygen atoms in total. The summed E-state index contributed by atoms with van der Waals surface area (Å²) in [5.74, 6) is -0.867. The number of carbonyl (C=O) groups excluding carboxylic acids is 3. The second-order valence-electron chi connectivity index (χ2n) is 23.1. The molecule has 0 aromatic heterocycles. The first kappa shape index (κ1) is 74.4. The fraction of sp³-hybridized carbons (Fsp3) is 0.845. The molecule has 0 heterocycles. The molecule has 0 saturated carbocycles. The van der Waals surface area contributed by atoms with Gasteiger partial charge in [0.25, 0.3) is 0 Å². The minimum atomic E-state index is -0.774. The first-order valence-corrected chi connectivity index (χ1v) is 34.1. The predicted octanol–water partition coefficient (Wildman–Crippen LogP) is 23.3. The molecule has 0 fully saturated rings. The van der Waals surface area contributed by atoms with Crippen molar-refractivity contribution in [1.29, 1.82) is 0 Å². The molecule has 1 unspecified atom stereocenters. The Labute approximate surface area is 479 Å². The van der Waals surface area contributed by atoms with Gasteiger partial charge >= 0.3 is 17.9 Å². The summed E-state index contributed by atoms with van der Waals surface area (Å²) in [6.07, 6.45) is 83.2. The summed E-state index contributed by atoms with van der Waals surface area (Å²) in [4.78, 5) is 38.1. The lowest BCUT2D eigenvalue weighted by molar-refractivity contribution is -0.167. The largest absolute Gasteiger partial charge is 0.462 e. The zero-order valence-corrected chi connectivity index (χ0v) is 51.7. The number of ether oxygens (including phenoxy) is 3. The molecule has 0 bridgehead atoms.